The molecule has 1 N–H and O–H groups in total. The molecule has 0 bridgehead atoms. The molecule has 1 aromatic heterocycles. The average molecular weight is 218 g/mol. The molecular formula is C6H8BrN3O. The summed E-state index contributed by atoms with van der Waals surface area (Å²) in [4.78, 5) is 0. The molecule has 2 heterocycles. The van der Waals surface area contributed by atoms with Gasteiger partial charge in [-0.3, -0.25) is 0 Å². The van der Waals surface area contributed by atoms with Crippen LogP contribution in [0.4, 0.5) is 0 Å². The molecule has 1 fully saturated rings. The van der Waals surface area contributed by atoms with Gasteiger partial charge in [0.2, 0.25) is 0 Å². The minimum Gasteiger partial charge on any atom is -0.372 e. The van der Waals surface area contributed by atoms with Crippen molar-refractivity contribution in [2.45, 2.75) is 18.9 Å². The van der Waals surface area contributed by atoms with Crippen LogP contribution in [0.5, 0.6) is 0 Å². The molecule has 0 spiro atoms. The highest BCUT2D eigenvalue weighted by molar-refractivity contribution is 9.10. The highest BCUT2D eigenvalue weighted by Crippen LogP contribution is 2.30. The maximum absolute atomic E-state index is 5.43. The first kappa shape index (κ1) is 7.24. The lowest BCUT2D eigenvalue weighted by atomic mass is 10.2. The van der Waals surface area contributed by atoms with Crippen molar-refractivity contribution in [2.75, 3.05) is 6.61 Å². The maximum Gasteiger partial charge on any atom is 0.154 e. The van der Waals surface area contributed by atoms with Gasteiger partial charge < -0.3 is 4.74 Å². The first-order valence-electron chi connectivity index (χ1n) is 3.55. The Morgan fingerprint density at radius 2 is 2.45 bits per heavy atom. The first-order chi connectivity index (χ1) is 5.38. The van der Waals surface area contributed by atoms with Crippen LogP contribution in [0.2, 0.25) is 0 Å². The minimum atomic E-state index is 0.142. The fourth-order valence-corrected chi connectivity index (χ4v) is 1.65. The highest BCUT2D eigenvalue weighted by atomic mass is 79.9. The molecule has 4 nitrogen and oxygen atoms in total. The van der Waals surface area contributed by atoms with E-state index in [-0.39, 0.29) is 6.10 Å². The second kappa shape index (κ2) is 2.91. The van der Waals surface area contributed by atoms with Gasteiger partial charge in [-0.05, 0) is 28.8 Å². The lowest BCUT2D eigenvalue weighted by Gasteiger charge is -2.03. The van der Waals surface area contributed by atoms with Crippen LogP contribution in [0, 0.1) is 0 Å². The van der Waals surface area contributed by atoms with Gasteiger partial charge >= 0.3 is 0 Å². The van der Waals surface area contributed by atoms with Gasteiger partial charge in [0.15, 0.2) is 4.60 Å². The number of ether oxygens (including phenoxy) is 1. The molecule has 2 rings (SSSR count). The Hall–Kier alpha value is -0.420. The van der Waals surface area contributed by atoms with Crippen molar-refractivity contribution in [3.63, 3.8) is 0 Å². The van der Waals surface area contributed by atoms with E-state index in [9.17, 15) is 0 Å². The Labute approximate surface area is 72.5 Å². The molecule has 1 aliphatic rings. The summed E-state index contributed by atoms with van der Waals surface area (Å²) in [7, 11) is 0. The highest BCUT2D eigenvalue weighted by Gasteiger charge is 2.22. The summed E-state index contributed by atoms with van der Waals surface area (Å²) in [6.07, 6.45) is 2.30. The lowest BCUT2D eigenvalue weighted by Crippen LogP contribution is -1.96. The number of nitrogens with one attached hydrogen (secondary N) is 1. The third-order valence-electron chi connectivity index (χ3n) is 1.76. The standard InChI is InChI=1S/C6H8BrN3O/c7-6-5(8-10-9-6)4-2-1-3-11-4/h4H,1-3H2,(H,8,9,10). The number of H-pyrrole nitrogens is 1. The number of hydrogen-bond acceptors (Lipinski definition) is 3. The second-order valence-corrected chi connectivity index (χ2v) is 3.25. The summed E-state index contributed by atoms with van der Waals surface area (Å²) < 4.78 is 6.19. The Morgan fingerprint density at radius 1 is 1.55 bits per heavy atom. The monoisotopic (exact) mass is 217 g/mol. The molecule has 0 aromatic carbocycles. The zero-order valence-corrected chi connectivity index (χ0v) is 7.47. The molecular weight excluding hydrogens is 210 g/mol. The quantitative estimate of drug-likeness (QED) is 0.775. The van der Waals surface area contributed by atoms with E-state index in [4.69, 9.17) is 4.74 Å². The SMILES string of the molecule is Brc1n[nH]nc1C1CCCO1. The van der Waals surface area contributed by atoms with Crippen LogP contribution in [0.25, 0.3) is 0 Å². The summed E-state index contributed by atoms with van der Waals surface area (Å²) in [5.41, 5.74) is 0.891. The van der Waals surface area contributed by atoms with E-state index < -0.39 is 0 Å². The van der Waals surface area contributed by atoms with Gasteiger partial charge in [-0.15, -0.1) is 5.10 Å². The number of rotatable bonds is 1. The summed E-state index contributed by atoms with van der Waals surface area (Å²) in [5.74, 6) is 0. The Morgan fingerprint density at radius 3 is 3.00 bits per heavy atom. The second-order valence-electron chi connectivity index (χ2n) is 2.50. The molecule has 1 saturated heterocycles. The molecule has 60 valence electrons. The molecule has 5 heteroatoms. The van der Waals surface area contributed by atoms with E-state index >= 15 is 0 Å². The van der Waals surface area contributed by atoms with Crippen LogP contribution in [-0.4, -0.2) is 22.0 Å². The first-order valence-corrected chi connectivity index (χ1v) is 4.35. The minimum absolute atomic E-state index is 0.142. The van der Waals surface area contributed by atoms with Crippen molar-refractivity contribution >= 4 is 15.9 Å². The zero-order chi connectivity index (χ0) is 7.68. The van der Waals surface area contributed by atoms with Crippen molar-refractivity contribution in [1.82, 2.24) is 15.4 Å². The third kappa shape index (κ3) is 1.30. The Balaban J connectivity index is 2.21. The summed E-state index contributed by atoms with van der Waals surface area (Å²) >= 11 is 3.29. The number of halogens is 1. The van der Waals surface area contributed by atoms with Gasteiger partial charge in [-0.1, -0.05) is 0 Å². The van der Waals surface area contributed by atoms with E-state index in [1.54, 1.807) is 0 Å². The Bertz CT molecular complexity index is 244. The van der Waals surface area contributed by atoms with E-state index in [1.807, 2.05) is 0 Å². The van der Waals surface area contributed by atoms with Gasteiger partial charge in [0.25, 0.3) is 0 Å². The molecule has 0 saturated carbocycles. The molecule has 0 radical (unpaired) electrons. The number of aromatic nitrogens is 3. The normalized spacial score (nSPS) is 24.3. The molecule has 1 aromatic rings. The smallest absolute Gasteiger partial charge is 0.154 e. The fourth-order valence-electron chi connectivity index (χ4n) is 1.22. The third-order valence-corrected chi connectivity index (χ3v) is 2.35. The van der Waals surface area contributed by atoms with E-state index in [1.165, 1.54) is 0 Å². The van der Waals surface area contributed by atoms with Gasteiger partial charge in [0.1, 0.15) is 11.8 Å². The Kier molecular flexibility index (Phi) is 1.91. The molecule has 1 atom stereocenters. The topological polar surface area (TPSA) is 50.8 Å². The average Bonchev–Trinajstić information content (AvgIpc) is 2.55. The largest absolute Gasteiger partial charge is 0.372 e. The van der Waals surface area contributed by atoms with E-state index in [0.717, 1.165) is 29.7 Å². The molecule has 0 amide bonds. The number of nitrogens with zero attached hydrogens (tertiary/aromatic N) is 2. The van der Waals surface area contributed by atoms with Crippen LogP contribution in [0.3, 0.4) is 0 Å². The van der Waals surface area contributed by atoms with Crippen molar-refractivity contribution in [3.8, 4) is 0 Å². The van der Waals surface area contributed by atoms with Crippen LogP contribution in [0.1, 0.15) is 24.6 Å². The zero-order valence-electron chi connectivity index (χ0n) is 5.88. The summed E-state index contributed by atoms with van der Waals surface area (Å²) in [5, 5.41) is 10.4. The summed E-state index contributed by atoms with van der Waals surface area (Å²) in [6, 6.07) is 0. The fraction of sp³-hybridized carbons (Fsp3) is 0.667. The van der Waals surface area contributed by atoms with Gasteiger partial charge in [-0.2, -0.15) is 10.3 Å². The van der Waals surface area contributed by atoms with Gasteiger partial charge in [0, 0.05) is 6.61 Å². The van der Waals surface area contributed by atoms with Crippen LogP contribution >= 0.6 is 15.9 Å². The van der Waals surface area contributed by atoms with Crippen molar-refractivity contribution in [2.24, 2.45) is 0 Å². The maximum atomic E-state index is 5.43. The molecule has 0 aliphatic carbocycles. The van der Waals surface area contributed by atoms with Crippen molar-refractivity contribution < 1.29 is 4.74 Å². The predicted molar refractivity (Wildman–Crippen MR) is 42.0 cm³/mol. The van der Waals surface area contributed by atoms with Gasteiger partial charge in [-0.25, -0.2) is 0 Å². The van der Waals surface area contributed by atoms with Crippen molar-refractivity contribution in [3.05, 3.63) is 10.3 Å². The predicted octanol–water partition coefficient (Wildman–Crippen LogP) is 1.42. The van der Waals surface area contributed by atoms with Crippen molar-refractivity contribution in [1.29, 1.82) is 0 Å². The van der Waals surface area contributed by atoms with Gasteiger partial charge in [0.05, 0.1) is 0 Å². The van der Waals surface area contributed by atoms with Crippen LogP contribution in [-0.2, 0) is 4.74 Å². The molecule has 1 unspecified atom stereocenters. The van der Waals surface area contributed by atoms with E-state index in [0.29, 0.717) is 0 Å². The number of hydrogen-bond donors (Lipinski definition) is 1. The lowest BCUT2D eigenvalue weighted by molar-refractivity contribution is 0.108. The summed E-state index contributed by atoms with van der Waals surface area (Å²) in [6.45, 7) is 0.837. The molecule has 11 heavy (non-hydrogen) atoms. The van der Waals surface area contributed by atoms with Crippen LogP contribution < -0.4 is 0 Å². The van der Waals surface area contributed by atoms with E-state index in [2.05, 4.69) is 31.3 Å². The molecule has 1 aliphatic heterocycles. The number of aromatic amines is 1. The van der Waals surface area contributed by atoms with Crippen LogP contribution in [0.15, 0.2) is 4.60 Å².